The van der Waals surface area contributed by atoms with E-state index in [0.29, 0.717) is 22.7 Å². The number of fused-ring (bicyclic) bond motifs is 2. The first-order valence-corrected chi connectivity index (χ1v) is 10.2. The smallest absolute Gasteiger partial charge is 0.221 e. The Morgan fingerprint density at radius 1 is 1.00 bits per heavy atom. The summed E-state index contributed by atoms with van der Waals surface area (Å²) in [5.74, 6) is 0.652. The number of hydrogen-bond acceptors (Lipinski definition) is 7. The molecule has 0 amide bonds. The fourth-order valence-corrected chi connectivity index (χ4v) is 3.81. The predicted octanol–water partition coefficient (Wildman–Crippen LogP) is 4.04. The molecule has 0 saturated heterocycles. The van der Waals surface area contributed by atoms with E-state index in [2.05, 4.69) is 50.5 Å². The lowest BCUT2D eigenvalue weighted by Crippen LogP contribution is -2.09. The summed E-state index contributed by atoms with van der Waals surface area (Å²) in [5.41, 5.74) is 5.79. The zero-order valence-electron chi connectivity index (χ0n) is 17.4. The Morgan fingerprint density at radius 3 is 2.75 bits per heavy atom. The summed E-state index contributed by atoms with van der Waals surface area (Å²) in [6.07, 6.45) is 8.95. The van der Waals surface area contributed by atoms with Gasteiger partial charge in [0.15, 0.2) is 11.4 Å². The van der Waals surface area contributed by atoms with Gasteiger partial charge in [-0.15, -0.1) is 5.10 Å². The van der Waals surface area contributed by atoms with Gasteiger partial charge in [-0.1, -0.05) is 11.3 Å². The molecule has 0 aliphatic heterocycles. The van der Waals surface area contributed by atoms with Crippen LogP contribution < -0.4 is 0 Å². The lowest BCUT2D eigenvalue weighted by Gasteiger charge is -2.13. The average molecular weight is 422 g/mol. The second-order valence-electron chi connectivity index (χ2n) is 7.67. The molecule has 0 fully saturated rings. The fraction of sp³-hybridized carbons (Fsp3) is 0.130. The van der Waals surface area contributed by atoms with Crippen molar-refractivity contribution in [1.82, 2.24) is 39.7 Å². The van der Waals surface area contributed by atoms with Gasteiger partial charge in [0.25, 0.3) is 0 Å². The minimum atomic E-state index is -0.104. The molecule has 0 bridgehead atoms. The molecule has 0 aliphatic carbocycles. The first-order valence-electron chi connectivity index (χ1n) is 10.2. The minimum Gasteiger partial charge on any atom is -0.463 e. The highest BCUT2D eigenvalue weighted by molar-refractivity contribution is 5.84. The molecule has 6 rings (SSSR count). The van der Waals surface area contributed by atoms with E-state index in [1.54, 1.807) is 21.8 Å². The van der Waals surface area contributed by atoms with E-state index < -0.39 is 0 Å². The maximum atomic E-state index is 5.46. The molecule has 5 heterocycles. The molecule has 32 heavy (non-hydrogen) atoms. The number of aryl methyl sites for hydroxylation is 1. The van der Waals surface area contributed by atoms with Crippen molar-refractivity contribution in [3.05, 3.63) is 73.0 Å². The number of pyridine rings is 1. The second-order valence-corrected chi connectivity index (χ2v) is 7.67. The number of nitrogens with zero attached hydrogens (tertiary/aromatic N) is 8. The fourth-order valence-electron chi connectivity index (χ4n) is 3.81. The molecule has 1 unspecified atom stereocenters. The molecule has 0 N–H and O–H groups in total. The zero-order valence-corrected chi connectivity index (χ0v) is 17.4. The highest BCUT2D eigenvalue weighted by Crippen LogP contribution is 2.27. The van der Waals surface area contributed by atoms with Crippen LogP contribution >= 0.6 is 0 Å². The Kier molecular flexibility index (Phi) is 4.07. The van der Waals surface area contributed by atoms with Crippen LogP contribution in [0.1, 0.15) is 18.5 Å². The summed E-state index contributed by atoms with van der Waals surface area (Å²) in [5, 5.41) is 13.8. The van der Waals surface area contributed by atoms with Crippen LogP contribution in [0.2, 0.25) is 0 Å². The molecular formula is C23H18N8O. The van der Waals surface area contributed by atoms with Crippen LogP contribution in [0.15, 0.2) is 71.9 Å². The summed E-state index contributed by atoms with van der Waals surface area (Å²) >= 11 is 0. The Morgan fingerprint density at radius 2 is 1.94 bits per heavy atom. The van der Waals surface area contributed by atoms with Crippen molar-refractivity contribution in [2.45, 2.75) is 13.0 Å². The molecule has 0 saturated carbocycles. The summed E-state index contributed by atoms with van der Waals surface area (Å²) in [7, 11) is 1.90. The van der Waals surface area contributed by atoms with Gasteiger partial charge in [-0.05, 0) is 42.8 Å². The summed E-state index contributed by atoms with van der Waals surface area (Å²) < 4.78 is 9.03. The molecular weight excluding hydrogens is 404 g/mol. The highest BCUT2D eigenvalue weighted by atomic mass is 16.3. The van der Waals surface area contributed by atoms with Gasteiger partial charge in [-0.25, -0.2) is 14.6 Å². The van der Waals surface area contributed by atoms with Gasteiger partial charge in [0.1, 0.15) is 5.69 Å². The third-order valence-electron chi connectivity index (χ3n) is 5.55. The summed E-state index contributed by atoms with van der Waals surface area (Å²) in [6, 6.07) is 11.9. The van der Waals surface area contributed by atoms with Crippen LogP contribution in [0.5, 0.6) is 0 Å². The predicted molar refractivity (Wildman–Crippen MR) is 119 cm³/mol. The molecule has 9 heteroatoms. The second kappa shape index (κ2) is 7.09. The molecule has 6 aromatic rings. The van der Waals surface area contributed by atoms with Gasteiger partial charge in [-0.3, -0.25) is 9.67 Å². The van der Waals surface area contributed by atoms with Gasteiger partial charge in [-0.2, -0.15) is 5.10 Å². The first kappa shape index (κ1) is 18.4. The topological polar surface area (TPSA) is 100 Å². The van der Waals surface area contributed by atoms with Crippen molar-refractivity contribution in [3.8, 4) is 22.6 Å². The molecule has 156 valence electrons. The lowest BCUT2D eigenvalue weighted by molar-refractivity contribution is 0.555. The van der Waals surface area contributed by atoms with E-state index in [-0.39, 0.29) is 6.04 Å². The van der Waals surface area contributed by atoms with Crippen molar-refractivity contribution in [1.29, 1.82) is 0 Å². The normalized spacial score (nSPS) is 12.6. The molecule has 1 atom stereocenters. The van der Waals surface area contributed by atoms with E-state index in [0.717, 1.165) is 27.6 Å². The van der Waals surface area contributed by atoms with Crippen molar-refractivity contribution < 1.29 is 4.42 Å². The van der Waals surface area contributed by atoms with E-state index in [1.807, 2.05) is 43.8 Å². The van der Waals surface area contributed by atoms with Gasteiger partial charge in [0.05, 0.1) is 30.2 Å². The number of furan rings is 1. The van der Waals surface area contributed by atoms with E-state index in [4.69, 9.17) is 9.40 Å². The monoisotopic (exact) mass is 422 g/mol. The highest BCUT2D eigenvalue weighted by Gasteiger charge is 2.17. The quantitative estimate of drug-likeness (QED) is 0.423. The van der Waals surface area contributed by atoms with E-state index in [1.165, 1.54) is 0 Å². The largest absolute Gasteiger partial charge is 0.463 e. The Hall–Kier alpha value is -4.40. The molecule has 5 aromatic heterocycles. The van der Waals surface area contributed by atoms with Crippen LogP contribution in [0.4, 0.5) is 0 Å². The van der Waals surface area contributed by atoms with E-state index >= 15 is 0 Å². The van der Waals surface area contributed by atoms with Crippen molar-refractivity contribution >= 4 is 22.2 Å². The lowest BCUT2D eigenvalue weighted by atomic mass is 10.0. The number of hydrogen-bond donors (Lipinski definition) is 0. The Bertz CT molecular complexity index is 1560. The molecule has 9 nitrogen and oxygen atoms in total. The molecule has 1 aromatic carbocycles. The van der Waals surface area contributed by atoms with Gasteiger partial charge >= 0.3 is 0 Å². The van der Waals surface area contributed by atoms with Crippen molar-refractivity contribution in [2.75, 3.05) is 0 Å². The molecule has 0 radical (unpaired) electrons. The van der Waals surface area contributed by atoms with Crippen LogP contribution in [0, 0.1) is 0 Å². The Labute approximate surface area is 182 Å². The summed E-state index contributed by atoms with van der Waals surface area (Å²) in [4.78, 5) is 13.7. The Balaban J connectivity index is 1.41. The van der Waals surface area contributed by atoms with Gasteiger partial charge in [0.2, 0.25) is 5.65 Å². The summed E-state index contributed by atoms with van der Waals surface area (Å²) in [6.45, 7) is 2.06. The van der Waals surface area contributed by atoms with Crippen LogP contribution in [-0.4, -0.2) is 39.7 Å². The maximum Gasteiger partial charge on any atom is 0.221 e. The standard InChI is InChI=1S/C23H18N8O/c1-14(31-23-22(28-29-31)25-12-20(27-23)21-4-3-7-32-21)15-5-6-19-16(8-15)9-17(10-24-19)18-11-26-30(2)13-18/h3-14H,1-2H3. The number of benzene rings is 1. The zero-order chi connectivity index (χ0) is 21.7. The molecule has 0 aliphatic rings. The molecule has 0 spiro atoms. The SMILES string of the molecule is CC(c1ccc2ncc(-c3cnn(C)c3)cc2c1)n1nnc2ncc(-c3ccco3)nc21. The third-order valence-corrected chi connectivity index (χ3v) is 5.55. The average Bonchev–Trinajstić information content (AvgIpc) is 3.58. The number of aromatic nitrogens is 8. The van der Waals surface area contributed by atoms with E-state index in [9.17, 15) is 0 Å². The number of rotatable bonds is 4. The van der Waals surface area contributed by atoms with Crippen LogP contribution in [-0.2, 0) is 7.05 Å². The minimum absolute atomic E-state index is 0.104. The van der Waals surface area contributed by atoms with Crippen LogP contribution in [0.25, 0.3) is 44.8 Å². The maximum absolute atomic E-state index is 5.46. The van der Waals surface area contributed by atoms with Crippen LogP contribution in [0.3, 0.4) is 0 Å². The van der Waals surface area contributed by atoms with Gasteiger partial charge in [0, 0.05) is 36.0 Å². The first-order chi connectivity index (χ1) is 15.7. The van der Waals surface area contributed by atoms with Crippen molar-refractivity contribution in [3.63, 3.8) is 0 Å². The van der Waals surface area contributed by atoms with Crippen molar-refractivity contribution in [2.24, 2.45) is 7.05 Å². The third kappa shape index (κ3) is 3.02. The van der Waals surface area contributed by atoms with Gasteiger partial charge < -0.3 is 4.42 Å².